The van der Waals surface area contributed by atoms with Crippen molar-refractivity contribution in [3.8, 4) is 16.9 Å². The molecule has 0 fully saturated rings. The molecule has 1 aromatic heterocycles. The lowest BCUT2D eigenvalue weighted by Crippen LogP contribution is -2.23. The normalized spacial score (nSPS) is 13.3. The molecular weight excluding hydrogens is 603 g/mol. The molecule has 0 amide bonds. The van der Waals surface area contributed by atoms with Crippen LogP contribution < -0.4 is 4.74 Å². The van der Waals surface area contributed by atoms with Crippen molar-refractivity contribution in [1.29, 1.82) is 0 Å². The molecule has 240 valence electrons. The van der Waals surface area contributed by atoms with Crippen LogP contribution in [-0.2, 0) is 30.4 Å². The number of hydrogen-bond acceptors (Lipinski definition) is 5. The fraction of sp³-hybridized carbons (Fsp3) is 0.343. The van der Waals surface area contributed by atoms with Crippen molar-refractivity contribution in [3.63, 3.8) is 0 Å². The van der Waals surface area contributed by atoms with Crippen LogP contribution in [0.15, 0.2) is 77.8 Å². The highest BCUT2D eigenvalue weighted by Crippen LogP contribution is 2.46. The summed E-state index contributed by atoms with van der Waals surface area (Å²) in [6.07, 6.45) is -1.86. The zero-order valence-corrected chi connectivity index (χ0v) is 27.5. The summed E-state index contributed by atoms with van der Waals surface area (Å²) >= 11 is 0. The maximum absolute atomic E-state index is 14.0. The Kier molecular flexibility index (Phi) is 9.05. The van der Waals surface area contributed by atoms with Gasteiger partial charge in [0.2, 0.25) is 0 Å². The molecule has 1 heterocycles. The standard InChI is InChI=1S/C35H38F3NO5S/c1-22(16-31(40)43-8)23-14-15-30-26(17-23)28(20-39(30)45(41,42)25-12-10-9-11-13-25)27-18-24(33(2,3)4)19-29(34(5,6)7)32(27)44-21-35(36,37)38/h9-20H,21H2,1-8H3/b22-16+. The first kappa shape index (κ1) is 33.8. The molecule has 6 nitrogen and oxygen atoms in total. The number of fused-ring (bicyclic) bond motifs is 1. The predicted molar refractivity (Wildman–Crippen MR) is 171 cm³/mol. The lowest BCUT2D eigenvalue weighted by atomic mass is 9.78. The summed E-state index contributed by atoms with van der Waals surface area (Å²) in [5.41, 5.74) is 2.52. The van der Waals surface area contributed by atoms with Gasteiger partial charge in [-0.2, -0.15) is 13.2 Å². The number of benzene rings is 3. The Balaban J connectivity index is 2.17. The number of halogens is 3. The molecule has 0 saturated carbocycles. The molecule has 10 heteroatoms. The SMILES string of the molecule is COC(=O)/C=C(\C)c1ccc2c(c1)c(-c1cc(C(C)(C)C)cc(C(C)(C)C)c1OCC(F)(F)F)cn2S(=O)(=O)c1ccccc1. The Hall–Kier alpha value is -4.05. The van der Waals surface area contributed by atoms with Crippen LogP contribution in [0, 0.1) is 0 Å². The van der Waals surface area contributed by atoms with Crippen molar-refractivity contribution in [3.05, 3.63) is 89.6 Å². The fourth-order valence-corrected chi connectivity index (χ4v) is 6.40. The van der Waals surface area contributed by atoms with Crippen LogP contribution in [0.1, 0.15) is 65.2 Å². The van der Waals surface area contributed by atoms with Crippen LogP contribution in [0.25, 0.3) is 27.6 Å². The van der Waals surface area contributed by atoms with Crippen LogP contribution in [0.2, 0.25) is 0 Å². The summed E-state index contributed by atoms with van der Waals surface area (Å²) in [4.78, 5) is 12.1. The first-order chi connectivity index (χ1) is 20.7. The summed E-state index contributed by atoms with van der Waals surface area (Å²) in [6.45, 7) is 11.9. The van der Waals surface area contributed by atoms with Gasteiger partial charge in [-0.3, -0.25) is 0 Å². The number of carbonyl (C=O) groups is 1. The molecule has 0 atom stereocenters. The van der Waals surface area contributed by atoms with E-state index in [2.05, 4.69) is 0 Å². The molecule has 0 N–H and O–H groups in total. The van der Waals surface area contributed by atoms with E-state index in [1.54, 1.807) is 49.4 Å². The minimum atomic E-state index is -4.61. The number of ether oxygens (including phenoxy) is 2. The first-order valence-corrected chi connectivity index (χ1v) is 15.8. The average molecular weight is 642 g/mol. The molecule has 0 aliphatic heterocycles. The lowest BCUT2D eigenvalue weighted by molar-refractivity contribution is -0.153. The van der Waals surface area contributed by atoms with Gasteiger partial charge in [0.05, 0.1) is 17.5 Å². The highest BCUT2D eigenvalue weighted by atomic mass is 32.2. The van der Waals surface area contributed by atoms with E-state index in [0.29, 0.717) is 38.7 Å². The van der Waals surface area contributed by atoms with Crippen LogP contribution in [0.4, 0.5) is 13.2 Å². The van der Waals surface area contributed by atoms with Crippen molar-refractivity contribution >= 4 is 32.5 Å². The molecule has 0 bridgehead atoms. The lowest BCUT2D eigenvalue weighted by Gasteiger charge is -2.29. The predicted octanol–water partition coefficient (Wildman–Crippen LogP) is 8.66. The third kappa shape index (κ3) is 7.27. The van der Waals surface area contributed by atoms with E-state index >= 15 is 0 Å². The second kappa shape index (κ2) is 12.0. The van der Waals surface area contributed by atoms with Crippen LogP contribution >= 0.6 is 0 Å². The Morgan fingerprint density at radius 1 is 0.889 bits per heavy atom. The number of esters is 1. The molecule has 3 aromatic carbocycles. The van der Waals surface area contributed by atoms with Crippen LogP contribution in [0.3, 0.4) is 0 Å². The maximum atomic E-state index is 14.0. The zero-order valence-electron chi connectivity index (χ0n) is 26.7. The quantitative estimate of drug-likeness (QED) is 0.149. The van der Waals surface area contributed by atoms with E-state index in [1.807, 2.05) is 47.6 Å². The van der Waals surface area contributed by atoms with Crippen molar-refractivity contribution in [2.75, 3.05) is 13.7 Å². The third-order valence-corrected chi connectivity index (χ3v) is 9.18. The third-order valence-electron chi connectivity index (χ3n) is 7.49. The summed E-state index contributed by atoms with van der Waals surface area (Å²) in [6, 6.07) is 16.6. The number of alkyl halides is 3. The molecule has 0 aliphatic carbocycles. The van der Waals surface area contributed by atoms with Crippen LogP contribution in [-0.4, -0.2) is 38.3 Å². The minimum Gasteiger partial charge on any atom is -0.483 e. The second-order valence-corrected chi connectivity index (χ2v) is 14.9. The van der Waals surface area contributed by atoms with E-state index in [1.165, 1.54) is 31.5 Å². The highest BCUT2D eigenvalue weighted by molar-refractivity contribution is 7.90. The minimum absolute atomic E-state index is 0.0243. The van der Waals surface area contributed by atoms with E-state index in [9.17, 15) is 26.4 Å². The van der Waals surface area contributed by atoms with Gasteiger partial charge in [0, 0.05) is 34.3 Å². The van der Waals surface area contributed by atoms with Gasteiger partial charge in [-0.15, -0.1) is 0 Å². The Bertz CT molecular complexity index is 1870. The van der Waals surface area contributed by atoms with Gasteiger partial charge in [-0.25, -0.2) is 17.2 Å². The molecule has 0 radical (unpaired) electrons. The maximum Gasteiger partial charge on any atom is 0.422 e. The summed E-state index contributed by atoms with van der Waals surface area (Å²) in [7, 11) is -2.86. The highest BCUT2D eigenvalue weighted by Gasteiger charge is 2.33. The van der Waals surface area contributed by atoms with Gasteiger partial charge in [0.15, 0.2) is 6.61 Å². The molecular formula is C35H38F3NO5S. The fourth-order valence-electron chi connectivity index (χ4n) is 5.01. The summed E-state index contributed by atoms with van der Waals surface area (Å²) in [5.74, 6) is -0.538. The van der Waals surface area contributed by atoms with Crippen molar-refractivity contribution in [1.82, 2.24) is 3.97 Å². The van der Waals surface area contributed by atoms with E-state index in [0.717, 1.165) is 9.54 Å². The number of rotatable bonds is 7. The van der Waals surface area contributed by atoms with E-state index in [-0.39, 0.29) is 10.6 Å². The van der Waals surface area contributed by atoms with E-state index < -0.39 is 39.6 Å². The van der Waals surface area contributed by atoms with Crippen molar-refractivity contribution < 1.29 is 35.9 Å². The molecule has 45 heavy (non-hydrogen) atoms. The Morgan fingerprint density at radius 2 is 1.53 bits per heavy atom. The molecule has 0 unspecified atom stereocenters. The number of aromatic nitrogens is 1. The molecule has 4 aromatic rings. The Morgan fingerprint density at radius 3 is 2.09 bits per heavy atom. The molecule has 0 saturated heterocycles. The summed E-state index contributed by atoms with van der Waals surface area (Å²) in [5, 5.41) is 0.451. The number of methoxy groups -OCH3 is 1. The molecule has 4 rings (SSSR count). The van der Waals surface area contributed by atoms with Gasteiger partial charge in [-0.05, 0) is 64.8 Å². The smallest absolute Gasteiger partial charge is 0.422 e. The van der Waals surface area contributed by atoms with Gasteiger partial charge >= 0.3 is 12.1 Å². The van der Waals surface area contributed by atoms with Crippen molar-refractivity contribution in [2.45, 2.75) is 70.4 Å². The number of hydrogen-bond donors (Lipinski definition) is 0. The molecule has 0 spiro atoms. The zero-order chi connectivity index (χ0) is 33.5. The number of allylic oxidation sites excluding steroid dienone is 1. The average Bonchev–Trinajstić information content (AvgIpc) is 3.34. The second-order valence-electron chi connectivity index (χ2n) is 13.0. The van der Waals surface area contributed by atoms with Gasteiger partial charge in [0.1, 0.15) is 5.75 Å². The van der Waals surface area contributed by atoms with Crippen LogP contribution in [0.5, 0.6) is 5.75 Å². The van der Waals surface area contributed by atoms with E-state index in [4.69, 9.17) is 9.47 Å². The molecule has 0 aliphatic rings. The largest absolute Gasteiger partial charge is 0.483 e. The topological polar surface area (TPSA) is 74.6 Å². The number of nitrogens with zero attached hydrogens (tertiary/aromatic N) is 1. The Labute approximate surface area is 262 Å². The summed E-state index contributed by atoms with van der Waals surface area (Å²) < 4.78 is 80.3. The first-order valence-electron chi connectivity index (χ1n) is 14.4. The monoisotopic (exact) mass is 641 g/mol. The van der Waals surface area contributed by atoms with Gasteiger partial charge < -0.3 is 9.47 Å². The van der Waals surface area contributed by atoms with Gasteiger partial charge in [-0.1, -0.05) is 71.9 Å². The van der Waals surface area contributed by atoms with Crippen molar-refractivity contribution in [2.24, 2.45) is 0 Å². The number of carbonyl (C=O) groups excluding carboxylic acids is 1. The van der Waals surface area contributed by atoms with Gasteiger partial charge in [0.25, 0.3) is 10.0 Å².